The molecule has 92 valence electrons. The van der Waals surface area contributed by atoms with E-state index >= 15 is 0 Å². The Hall–Kier alpha value is -1.64. The highest BCUT2D eigenvalue weighted by Crippen LogP contribution is 2.27. The molecular weight excluding hydrogens is 224 g/mol. The Morgan fingerprint density at radius 1 is 1.00 bits per heavy atom. The molecule has 0 aliphatic carbocycles. The van der Waals surface area contributed by atoms with Gasteiger partial charge in [-0.2, -0.15) is 0 Å². The first kappa shape index (κ1) is 11.5. The van der Waals surface area contributed by atoms with Crippen molar-refractivity contribution in [2.75, 3.05) is 0 Å². The molecule has 0 bridgehead atoms. The molecule has 0 aromatic heterocycles. The fraction of sp³-hybridized carbons (Fsp3) is 0.250. The monoisotopic (exact) mass is 240 g/mol. The molecule has 1 aliphatic heterocycles. The molecule has 3 rings (SSSR count). The Morgan fingerprint density at radius 2 is 1.78 bits per heavy atom. The molecule has 1 heterocycles. The maximum atomic E-state index is 10.4. The van der Waals surface area contributed by atoms with E-state index in [0.29, 0.717) is 13.2 Å². The quantitative estimate of drug-likeness (QED) is 0.874. The van der Waals surface area contributed by atoms with Crippen molar-refractivity contribution in [3.05, 3.63) is 70.3 Å². The van der Waals surface area contributed by atoms with Crippen molar-refractivity contribution < 1.29 is 9.84 Å². The number of rotatable bonds is 2. The van der Waals surface area contributed by atoms with Crippen molar-refractivity contribution in [3.8, 4) is 0 Å². The van der Waals surface area contributed by atoms with Gasteiger partial charge in [0, 0.05) is 0 Å². The third kappa shape index (κ3) is 2.05. The zero-order chi connectivity index (χ0) is 12.5. The smallest absolute Gasteiger partial charge is 0.104 e. The van der Waals surface area contributed by atoms with Crippen LogP contribution in [0.5, 0.6) is 0 Å². The summed E-state index contributed by atoms with van der Waals surface area (Å²) in [6, 6.07) is 14.1. The minimum atomic E-state index is -0.559. The van der Waals surface area contributed by atoms with Crippen LogP contribution in [-0.4, -0.2) is 5.11 Å². The molecule has 1 N–H and O–H groups in total. The van der Waals surface area contributed by atoms with Crippen molar-refractivity contribution in [3.63, 3.8) is 0 Å². The van der Waals surface area contributed by atoms with Crippen LogP contribution >= 0.6 is 0 Å². The molecule has 0 saturated carbocycles. The highest BCUT2D eigenvalue weighted by atomic mass is 16.5. The van der Waals surface area contributed by atoms with E-state index in [1.54, 1.807) is 0 Å². The summed E-state index contributed by atoms with van der Waals surface area (Å²) < 4.78 is 5.39. The zero-order valence-electron chi connectivity index (χ0n) is 10.4. The standard InChI is InChI=1S/C16H16O2/c1-11-3-2-4-12(7-11)16(17)13-5-6-14-9-18-10-15(14)8-13/h2-8,16-17H,9-10H2,1H3. The molecule has 0 amide bonds. The van der Waals surface area contributed by atoms with Gasteiger partial charge in [-0.1, -0.05) is 48.0 Å². The maximum absolute atomic E-state index is 10.4. The Kier molecular flexibility index (Phi) is 2.90. The highest BCUT2D eigenvalue weighted by Gasteiger charge is 2.15. The number of hydrogen-bond donors (Lipinski definition) is 1. The molecule has 1 aliphatic rings. The lowest BCUT2D eigenvalue weighted by molar-refractivity contribution is 0.134. The van der Waals surface area contributed by atoms with E-state index in [2.05, 4.69) is 12.1 Å². The van der Waals surface area contributed by atoms with E-state index in [1.165, 1.54) is 11.1 Å². The third-order valence-corrected chi connectivity index (χ3v) is 3.42. The first-order valence-electron chi connectivity index (χ1n) is 6.18. The second-order valence-corrected chi connectivity index (χ2v) is 4.84. The largest absolute Gasteiger partial charge is 0.384 e. The summed E-state index contributed by atoms with van der Waals surface area (Å²) in [6.07, 6.45) is -0.559. The van der Waals surface area contributed by atoms with Crippen molar-refractivity contribution in [1.82, 2.24) is 0 Å². The van der Waals surface area contributed by atoms with Crippen LogP contribution in [0.15, 0.2) is 42.5 Å². The molecule has 0 radical (unpaired) electrons. The van der Waals surface area contributed by atoms with Crippen LogP contribution in [0, 0.1) is 6.92 Å². The van der Waals surface area contributed by atoms with Crippen LogP contribution in [0.2, 0.25) is 0 Å². The third-order valence-electron chi connectivity index (χ3n) is 3.42. The van der Waals surface area contributed by atoms with Crippen molar-refractivity contribution in [2.24, 2.45) is 0 Å². The summed E-state index contributed by atoms with van der Waals surface area (Å²) in [5.41, 5.74) is 5.46. The normalized spacial score (nSPS) is 15.4. The van der Waals surface area contributed by atoms with Crippen molar-refractivity contribution in [2.45, 2.75) is 26.2 Å². The lowest BCUT2D eigenvalue weighted by atomic mass is 9.97. The fourth-order valence-electron chi connectivity index (χ4n) is 2.39. The Bertz CT molecular complexity index is 575. The van der Waals surface area contributed by atoms with E-state index in [0.717, 1.165) is 16.7 Å². The first-order chi connectivity index (χ1) is 8.74. The minimum absolute atomic E-state index is 0.559. The number of fused-ring (bicyclic) bond motifs is 1. The predicted octanol–water partition coefficient (Wildman–Crippen LogP) is 3.11. The van der Waals surface area contributed by atoms with Crippen LogP contribution in [0.4, 0.5) is 0 Å². The van der Waals surface area contributed by atoms with Crippen LogP contribution in [0.1, 0.15) is 33.9 Å². The first-order valence-corrected chi connectivity index (χ1v) is 6.18. The van der Waals surface area contributed by atoms with Crippen LogP contribution in [0.25, 0.3) is 0 Å². The molecule has 0 fully saturated rings. The van der Waals surface area contributed by atoms with Crippen LogP contribution in [0.3, 0.4) is 0 Å². The van der Waals surface area contributed by atoms with E-state index in [9.17, 15) is 5.11 Å². The number of benzene rings is 2. The van der Waals surface area contributed by atoms with Gasteiger partial charge < -0.3 is 9.84 Å². The molecule has 0 spiro atoms. The lowest BCUT2D eigenvalue weighted by Gasteiger charge is -2.13. The van der Waals surface area contributed by atoms with E-state index in [1.807, 2.05) is 37.3 Å². The molecule has 2 heteroatoms. The summed E-state index contributed by atoms with van der Waals surface area (Å²) in [4.78, 5) is 0. The Balaban J connectivity index is 1.95. The average Bonchev–Trinajstić information content (AvgIpc) is 2.85. The molecule has 1 atom stereocenters. The van der Waals surface area contributed by atoms with Crippen LogP contribution in [-0.2, 0) is 18.0 Å². The molecule has 2 nitrogen and oxygen atoms in total. The number of aryl methyl sites for hydroxylation is 1. The van der Waals surface area contributed by atoms with Gasteiger partial charge in [-0.15, -0.1) is 0 Å². The SMILES string of the molecule is Cc1cccc(C(O)c2ccc3c(c2)COC3)c1. The zero-order valence-corrected chi connectivity index (χ0v) is 10.4. The average molecular weight is 240 g/mol. The van der Waals surface area contributed by atoms with Gasteiger partial charge in [0.15, 0.2) is 0 Å². The van der Waals surface area contributed by atoms with Gasteiger partial charge in [-0.05, 0) is 29.2 Å². The molecular formula is C16H16O2. The van der Waals surface area contributed by atoms with E-state index in [-0.39, 0.29) is 0 Å². The summed E-state index contributed by atoms with van der Waals surface area (Å²) in [5.74, 6) is 0. The van der Waals surface area contributed by atoms with Gasteiger partial charge in [0.1, 0.15) is 6.10 Å². The van der Waals surface area contributed by atoms with Gasteiger partial charge in [-0.3, -0.25) is 0 Å². The van der Waals surface area contributed by atoms with E-state index < -0.39 is 6.10 Å². The fourth-order valence-corrected chi connectivity index (χ4v) is 2.39. The number of hydrogen-bond acceptors (Lipinski definition) is 2. The van der Waals surface area contributed by atoms with Gasteiger partial charge in [0.2, 0.25) is 0 Å². The van der Waals surface area contributed by atoms with Crippen LogP contribution < -0.4 is 0 Å². The second-order valence-electron chi connectivity index (χ2n) is 4.84. The van der Waals surface area contributed by atoms with Crippen molar-refractivity contribution in [1.29, 1.82) is 0 Å². The summed E-state index contributed by atoms with van der Waals surface area (Å²) in [7, 11) is 0. The van der Waals surface area contributed by atoms with Gasteiger partial charge >= 0.3 is 0 Å². The molecule has 0 saturated heterocycles. The lowest BCUT2D eigenvalue weighted by Crippen LogP contribution is -2.01. The molecule has 2 aromatic carbocycles. The molecule has 18 heavy (non-hydrogen) atoms. The van der Waals surface area contributed by atoms with Gasteiger partial charge in [0.05, 0.1) is 13.2 Å². The number of aliphatic hydroxyl groups excluding tert-OH is 1. The second kappa shape index (κ2) is 4.56. The van der Waals surface area contributed by atoms with Crippen molar-refractivity contribution >= 4 is 0 Å². The summed E-state index contributed by atoms with van der Waals surface area (Å²) >= 11 is 0. The topological polar surface area (TPSA) is 29.5 Å². The Labute approximate surface area is 107 Å². The molecule has 1 unspecified atom stereocenters. The van der Waals surface area contributed by atoms with Gasteiger partial charge in [-0.25, -0.2) is 0 Å². The number of aliphatic hydroxyl groups is 1. The van der Waals surface area contributed by atoms with Gasteiger partial charge in [0.25, 0.3) is 0 Å². The summed E-state index contributed by atoms with van der Waals surface area (Å²) in [5, 5.41) is 10.4. The Morgan fingerprint density at radius 3 is 2.61 bits per heavy atom. The van der Waals surface area contributed by atoms with E-state index in [4.69, 9.17) is 4.74 Å². The minimum Gasteiger partial charge on any atom is -0.384 e. The summed E-state index contributed by atoms with van der Waals surface area (Å²) in [6.45, 7) is 3.38. The predicted molar refractivity (Wildman–Crippen MR) is 70.2 cm³/mol. The molecule has 2 aromatic rings. The maximum Gasteiger partial charge on any atom is 0.104 e. The number of ether oxygens (including phenoxy) is 1. The highest BCUT2D eigenvalue weighted by molar-refractivity contribution is 5.38.